The first-order valence-corrected chi connectivity index (χ1v) is 11.8. The zero-order valence-corrected chi connectivity index (χ0v) is 19.5. The van der Waals surface area contributed by atoms with Crippen LogP contribution in [0.25, 0.3) is 0 Å². The Balaban J connectivity index is 1.76. The smallest absolute Gasteiger partial charge is 0.339 e. The lowest BCUT2D eigenvalue weighted by Gasteiger charge is -2.24. The minimum Gasteiger partial charge on any atom is -0.467 e. The molecule has 2 aromatic carbocycles. The molecule has 1 aromatic heterocycles. The molecule has 1 heterocycles. The Morgan fingerprint density at radius 2 is 1.76 bits per heavy atom. The fraction of sp³-hybridized carbons (Fsp3) is 0.250. The lowest BCUT2D eigenvalue weighted by molar-refractivity contribution is -0.136. The molecule has 0 unspecified atom stereocenters. The summed E-state index contributed by atoms with van der Waals surface area (Å²) in [6.07, 6.45) is 1.55. The minimum atomic E-state index is -4.08. The summed E-state index contributed by atoms with van der Waals surface area (Å²) in [5.41, 5.74) is 1.19. The number of carbonyl (C=O) groups excluding carboxylic acids is 2. The Bertz CT molecular complexity index is 1200. The van der Waals surface area contributed by atoms with E-state index < -0.39 is 10.1 Å². The van der Waals surface area contributed by atoms with E-state index in [2.05, 4.69) is 5.32 Å². The number of anilines is 1. The van der Waals surface area contributed by atoms with E-state index in [1.165, 1.54) is 37.3 Å². The molecule has 3 rings (SSSR count). The minimum absolute atomic E-state index is 0.0450. The molecule has 0 radical (unpaired) electrons. The standard InChI is InChI=1S/C24H26N2O6S/c1-17(2)24(28)26(16-22-8-5-13-31-22)15-19-6-4-7-21(14-19)32-33(29,30)23-11-9-20(10-12-23)25-18(3)27/h4-14,17H,15-16H2,1-3H3,(H,25,27). The van der Waals surface area contributed by atoms with E-state index in [0.29, 0.717) is 23.6 Å². The van der Waals surface area contributed by atoms with Crippen LogP contribution in [0.1, 0.15) is 32.1 Å². The highest BCUT2D eigenvalue weighted by atomic mass is 32.2. The zero-order valence-electron chi connectivity index (χ0n) is 18.6. The number of carbonyl (C=O) groups is 2. The number of rotatable bonds is 9. The van der Waals surface area contributed by atoms with E-state index in [1.54, 1.807) is 41.5 Å². The van der Waals surface area contributed by atoms with Gasteiger partial charge in [0.1, 0.15) is 16.4 Å². The summed E-state index contributed by atoms with van der Waals surface area (Å²) in [6.45, 7) is 5.57. The summed E-state index contributed by atoms with van der Waals surface area (Å²) in [5, 5.41) is 2.58. The van der Waals surface area contributed by atoms with Gasteiger partial charge in [-0.15, -0.1) is 0 Å². The maximum atomic E-state index is 12.7. The Hall–Kier alpha value is -3.59. The maximum absolute atomic E-state index is 12.7. The van der Waals surface area contributed by atoms with Gasteiger partial charge in [-0.05, 0) is 54.1 Å². The summed E-state index contributed by atoms with van der Waals surface area (Å²) in [6, 6.07) is 15.8. The van der Waals surface area contributed by atoms with Gasteiger partial charge in [0, 0.05) is 25.1 Å². The average molecular weight is 471 g/mol. The lowest BCUT2D eigenvalue weighted by atomic mass is 10.1. The normalized spacial score (nSPS) is 11.3. The molecule has 33 heavy (non-hydrogen) atoms. The molecule has 0 saturated carbocycles. The lowest BCUT2D eigenvalue weighted by Crippen LogP contribution is -2.33. The van der Waals surface area contributed by atoms with Gasteiger partial charge in [0.25, 0.3) is 0 Å². The number of nitrogens with zero attached hydrogens (tertiary/aromatic N) is 1. The van der Waals surface area contributed by atoms with Crippen LogP contribution in [0.15, 0.2) is 76.2 Å². The fourth-order valence-corrected chi connectivity index (χ4v) is 4.09. The third kappa shape index (κ3) is 6.69. The molecule has 0 atom stereocenters. The summed E-state index contributed by atoms with van der Waals surface area (Å²) >= 11 is 0. The molecule has 1 N–H and O–H groups in total. The van der Waals surface area contributed by atoms with Crippen LogP contribution in [0, 0.1) is 5.92 Å². The number of amides is 2. The van der Waals surface area contributed by atoms with Gasteiger partial charge >= 0.3 is 10.1 Å². The second-order valence-corrected chi connectivity index (χ2v) is 9.37. The van der Waals surface area contributed by atoms with Crippen molar-refractivity contribution >= 4 is 27.6 Å². The third-order valence-electron chi connectivity index (χ3n) is 4.67. The Labute approximate surface area is 193 Å². The molecule has 0 aliphatic rings. The third-order valence-corrected chi connectivity index (χ3v) is 5.93. The van der Waals surface area contributed by atoms with Crippen molar-refractivity contribution in [3.8, 4) is 5.75 Å². The highest BCUT2D eigenvalue weighted by Gasteiger charge is 2.20. The van der Waals surface area contributed by atoms with E-state index in [4.69, 9.17) is 8.60 Å². The van der Waals surface area contributed by atoms with Gasteiger partial charge < -0.3 is 18.8 Å². The van der Waals surface area contributed by atoms with Crippen LogP contribution in [0.3, 0.4) is 0 Å². The first kappa shape index (κ1) is 24.1. The summed E-state index contributed by atoms with van der Waals surface area (Å²) < 4.78 is 36.1. The quantitative estimate of drug-likeness (QED) is 0.470. The molecule has 0 aliphatic carbocycles. The molecular formula is C24H26N2O6S. The molecule has 2 amide bonds. The Morgan fingerprint density at radius 1 is 1.03 bits per heavy atom. The second-order valence-electron chi connectivity index (χ2n) is 7.82. The van der Waals surface area contributed by atoms with Gasteiger partial charge in [0.2, 0.25) is 11.8 Å². The molecule has 0 bridgehead atoms. The zero-order chi connectivity index (χ0) is 24.0. The largest absolute Gasteiger partial charge is 0.467 e. The molecule has 9 heteroatoms. The van der Waals surface area contributed by atoms with Gasteiger partial charge in [0.05, 0.1) is 12.8 Å². The predicted molar refractivity (Wildman–Crippen MR) is 123 cm³/mol. The summed E-state index contributed by atoms with van der Waals surface area (Å²) in [5.74, 6) is 0.274. The van der Waals surface area contributed by atoms with Gasteiger partial charge in [-0.1, -0.05) is 26.0 Å². The van der Waals surface area contributed by atoms with Crippen LogP contribution in [0.2, 0.25) is 0 Å². The molecule has 174 valence electrons. The first-order valence-electron chi connectivity index (χ1n) is 10.4. The summed E-state index contributed by atoms with van der Waals surface area (Å²) in [7, 11) is -4.08. The van der Waals surface area contributed by atoms with Crippen molar-refractivity contribution in [2.45, 2.75) is 38.8 Å². The number of nitrogens with one attached hydrogen (secondary N) is 1. The predicted octanol–water partition coefficient (Wildman–Crippen LogP) is 4.19. The first-order chi connectivity index (χ1) is 15.6. The maximum Gasteiger partial charge on any atom is 0.339 e. The van der Waals surface area contributed by atoms with Crippen LogP contribution in [-0.4, -0.2) is 25.1 Å². The van der Waals surface area contributed by atoms with Crippen molar-refractivity contribution in [3.63, 3.8) is 0 Å². The van der Waals surface area contributed by atoms with E-state index in [0.717, 1.165) is 0 Å². The molecule has 0 saturated heterocycles. The molecule has 0 spiro atoms. The van der Waals surface area contributed by atoms with Crippen molar-refractivity contribution < 1.29 is 26.6 Å². The van der Waals surface area contributed by atoms with Crippen LogP contribution in [0.5, 0.6) is 5.75 Å². The molecule has 8 nitrogen and oxygen atoms in total. The second kappa shape index (κ2) is 10.4. The molecule has 0 aliphatic heterocycles. The highest BCUT2D eigenvalue weighted by Crippen LogP contribution is 2.23. The molecule has 3 aromatic rings. The van der Waals surface area contributed by atoms with Crippen molar-refractivity contribution in [2.24, 2.45) is 5.92 Å². The van der Waals surface area contributed by atoms with Crippen LogP contribution in [0.4, 0.5) is 5.69 Å². The van der Waals surface area contributed by atoms with E-state index in [9.17, 15) is 18.0 Å². The number of furan rings is 1. The topological polar surface area (TPSA) is 106 Å². The van der Waals surface area contributed by atoms with Crippen molar-refractivity contribution in [2.75, 3.05) is 5.32 Å². The molecular weight excluding hydrogens is 444 g/mol. The SMILES string of the molecule is CC(=O)Nc1ccc(S(=O)(=O)Oc2cccc(CN(Cc3ccco3)C(=O)C(C)C)c2)cc1. The van der Waals surface area contributed by atoms with Crippen molar-refractivity contribution in [1.29, 1.82) is 0 Å². The highest BCUT2D eigenvalue weighted by molar-refractivity contribution is 7.87. The van der Waals surface area contributed by atoms with Gasteiger partial charge in [0.15, 0.2) is 0 Å². The van der Waals surface area contributed by atoms with E-state index in [1.807, 2.05) is 13.8 Å². The van der Waals surface area contributed by atoms with Crippen molar-refractivity contribution in [1.82, 2.24) is 4.90 Å². The number of benzene rings is 2. The van der Waals surface area contributed by atoms with Crippen LogP contribution in [-0.2, 0) is 32.8 Å². The van der Waals surface area contributed by atoms with Gasteiger partial charge in [-0.2, -0.15) is 8.42 Å². The Morgan fingerprint density at radius 3 is 2.36 bits per heavy atom. The number of hydrogen-bond donors (Lipinski definition) is 1. The van der Waals surface area contributed by atoms with E-state index in [-0.39, 0.29) is 34.9 Å². The fourth-order valence-electron chi connectivity index (χ4n) is 3.17. The van der Waals surface area contributed by atoms with Crippen molar-refractivity contribution in [3.05, 3.63) is 78.3 Å². The van der Waals surface area contributed by atoms with Crippen LogP contribution >= 0.6 is 0 Å². The number of hydrogen-bond acceptors (Lipinski definition) is 6. The average Bonchev–Trinajstić information content (AvgIpc) is 3.26. The summed E-state index contributed by atoms with van der Waals surface area (Å²) in [4.78, 5) is 25.4. The monoisotopic (exact) mass is 470 g/mol. The Kier molecular flexibility index (Phi) is 7.55. The van der Waals surface area contributed by atoms with Gasteiger partial charge in [-0.25, -0.2) is 0 Å². The van der Waals surface area contributed by atoms with Gasteiger partial charge in [-0.3, -0.25) is 9.59 Å². The van der Waals surface area contributed by atoms with Crippen LogP contribution < -0.4 is 9.50 Å². The molecule has 0 fully saturated rings. The van der Waals surface area contributed by atoms with E-state index >= 15 is 0 Å².